The summed E-state index contributed by atoms with van der Waals surface area (Å²) < 4.78 is 10.6. The van der Waals surface area contributed by atoms with Crippen molar-refractivity contribution in [3.63, 3.8) is 0 Å². The summed E-state index contributed by atoms with van der Waals surface area (Å²) in [5.74, 6) is 0.571. The molecule has 0 radical (unpaired) electrons. The van der Waals surface area contributed by atoms with Crippen LogP contribution in [-0.4, -0.2) is 35.2 Å². The molecule has 0 aromatic carbocycles. The minimum Gasteiger partial charge on any atom is -0.481 e. The van der Waals surface area contributed by atoms with Gasteiger partial charge in [-0.1, -0.05) is 0 Å². The van der Waals surface area contributed by atoms with Gasteiger partial charge in [-0.25, -0.2) is 9.97 Å². The van der Waals surface area contributed by atoms with Crippen LogP contribution in [0.4, 0.5) is 0 Å². The molecular formula is C11H15ClN2O2. The molecule has 0 N–H and O–H groups in total. The van der Waals surface area contributed by atoms with E-state index < -0.39 is 0 Å². The van der Waals surface area contributed by atoms with Gasteiger partial charge >= 0.3 is 0 Å². The highest BCUT2D eigenvalue weighted by molar-refractivity contribution is 6.21. The first kappa shape index (κ1) is 11.6. The average molecular weight is 243 g/mol. The SMILES string of the molecule is COc1cc(CC(Cl)C2CCCO2)ncn1. The maximum Gasteiger partial charge on any atom is 0.216 e. The lowest BCUT2D eigenvalue weighted by atomic mass is 10.1. The minimum absolute atomic E-state index is 0.0258. The Hall–Kier alpha value is -0.870. The molecule has 88 valence electrons. The van der Waals surface area contributed by atoms with Crippen molar-refractivity contribution in [2.45, 2.75) is 30.7 Å². The van der Waals surface area contributed by atoms with Crippen LogP contribution in [-0.2, 0) is 11.2 Å². The van der Waals surface area contributed by atoms with Crippen LogP contribution in [0.2, 0.25) is 0 Å². The van der Waals surface area contributed by atoms with E-state index in [1.165, 1.54) is 6.33 Å². The molecule has 0 spiro atoms. The number of aromatic nitrogens is 2. The van der Waals surface area contributed by atoms with Crippen molar-refractivity contribution >= 4 is 11.6 Å². The fourth-order valence-corrected chi connectivity index (χ4v) is 2.18. The Morgan fingerprint density at radius 2 is 2.50 bits per heavy atom. The molecule has 0 bridgehead atoms. The van der Waals surface area contributed by atoms with Gasteiger partial charge in [-0.2, -0.15) is 0 Å². The van der Waals surface area contributed by atoms with Gasteiger partial charge in [-0.05, 0) is 12.8 Å². The normalized spacial score (nSPS) is 22.0. The number of nitrogens with zero attached hydrogens (tertiary/aromatic N) is 2. The number of rotatable bonds is 4. The highest BCUT2D eigenvalue weighted by Crippen LogP contribution is 2.22. The summed E-state index contributed by atoms with van der Waals surface area (Å²) in [4.78, 5) is 8.12. The molecule has 2 unspecified atom stereocenters. The molecule has 2 atom stereocenters. The molecule has 0 aliphatic carbocycles. The van der Waals surface area contributed by atoms with E-state index in [-0.39, 0.29) is 11.5 Å². The molecular weight excluding hydrogens is 228 g/mol. The highest BCUT2D eigenvalue weighted by Gasteiger charge is 2.24. The largest absolute Gasteiger partial charge is 0.481 e. The molecule has 2 heterocycles. The average Bonchev–Trinajstić information content (AvgIpc) is 2.83. The van der Waals surface area contributed by atoms with Crippen LogP contribution in [0.1, 0.15) is 18.5 Å². The predicted octanol–water partition coefficient (Wildman–Crippen LogP) is 1.81. The lowest BCUT2D eigenvalue weighted by Crippen LogP contribution is -2.22. The standard InChI is InChI=1S/C11H15ClN2O2/c1-15-11-6-8(13-7-14-11)5-9(12)10-3-2-4-16-10/h6-7,9-10H,2-5H2,1H3. The fraction of sp³-hybridized carbons (Fsp3) is 0.636. The van der Waals surface area contributed by atoms with E-state index in [4.69, 9.17) is 21.1 Å². The van der Waals surface area contributed by atoms with E-state index >= 15 is 0 Å². The highest BCUT2D eigenvalue weighted by atomic mass is 35.5. The molecule has 5 heteroatoms. The molecule has 1 aliphatic heterocycles. The van der Waals surface area contributed by atoms with Crippen LogP contribution in [0.15, 0.2) is 12.4 Å². The van der Waals surface area contributed by atoms with Gasteiger partial charge in [-0.15, -0.1) is 11.6 Å². The maximum absolute atomic E-state index is 6.29. The first-order valence-electron chi connectivity index (χ1n) is 5.40. The molecule has 0 saturated carbocycles. The monoisotopic (exact) mass is 242 g/mol. The zero-order valence-corrected chi connectivity index (χ0v) is 9.98. The summed E-state index contributed by atoms with van der Waals surface area (Å²) in [6, 6.07) is 1.81. The van der Waals surface area contributed by atoms with E-state index in [0.29, 0.717) is 12.3 Å². The van der Waals surface area contributed by atoms with E-state index in [1.807, 2.05) is 6.07 Å². The first-order chi connectivity index (χ1) is 7.79. The van der Waals surface area contributed by atoms with Crippen LogP contribution in [0.5, 0.6) is 5.88 Å². The smallest absolute Gasteiger partial charge is 0.216 e. The van der Waals surface area contributed by atoms with Gasteiger partial charge in [0.05, 0.1) is 18.6 Å². The summed E-state index contributed by atoms with van der Waals surface area (Å²) in [6.45, 7) is 0.820. The number of methoxy groups -OCH3 is 1. The van der Waals surface area contributed by atoms with Gasteiger partial charge in [-0.3, -0.25) is 0 Å². The third-order valence-electron chi connectivity index (χ3n) is 2.68. The summed E-state index contributed by atoms with van der Waals surface area (Å²) in [5, 5.41) is -0.0258. The van der Waals surface area contributed by atoms with Crippen molar-refractivity contribution < 1.29 is 9.47 Å². The van der Waals surface area contributed by atoms with Gasteiger partial charge in [0.15, 0.2) is 0 Å². The van der Waals surface area contributed by atoms with Crippen LogP contribution >= 0.6 is 11.6 Å². The molecule has 4 nitrogen and oxygen atoms in total. The first-order valence-corrected chi connectivity index (χ1v) is 5.84. The van der Waals surface area contributed by atoms with Crippen molar-refractivity contribution in [3.05, 3.63) is 18.1 Å². The minimum atomic E-state index is -0.0258. The Balaban J connectivity index is 1.96. The summed E-state index contributed by atoms with van der Waals surface area (Å²) in [5.41, 5.74) is 0.891. The third kappa shape index (κ3) is 2.83. The molecule has 1 aliphatic rings. The van der Waals surface area contributed by atoms with Crippen molar-refractivity contribution in [2.75, 3.05) is 13.7 Å². The van der Waals surface area contributed by atoms with Gasteiger partial charge in [0, 0.05) is 24.8 Å². The third-order valence-corrected chi connectivity index (χ3v) is 3.12. The number of alkyl halides is 1. The van der Waals surface area contributed by atoms with Gasteiger partial charge in [0.2, 0.25) is 5.88 Å². The Bertz CT molecular complexity index is 343. The second-order valence-electron chi connectivity index (χ2n) is 3.82. The topological polar surface area (TPSA) is 44.2 Å². The molecule has 1 fully saturated rings. The lowest BCUT2D eigenvalue weighted by molar-refractivity contribution is 0.107. The molecule has 0 amide bonds. The van der Waals surface area contributed by atoms with Gasteiger partial charge in [0.25, 0.3) is 0 Å². The summed E-state index contributed by atoms with van der Waals surface area (Å²) in [7, 11) is 1.59. The molecule has 1 aromatic heterocycles. The van der Waals surface area contributed by atoms with Crippen LogP contribution in [0, 0.1) is 0 Å². The van der Waals surface area contributed by atoms with E-state index in [9.17, 15) is 0 Å². The van der Waals surface area contributed by atoms with Gasteiger partial charge in [0.1, 0.15) is 6.33 Å². The zero-order chi connectivity index (χ0) is 11.4. The number of hydrogen-bond acceptors (Lipinski definition) is 4. The number of halogens is 1. The Labute approximate surface area is 99.9 Å². The lowest BCUT2D eigenvalue weighted by Gasteiger charge is -2.15. The zero-order valence-electron chi connectivity index (χ0n) is 9.23. The van der Waals surface area contributed by atoms with Crippen LogP contribution < -0.4 is 4.74 Å². The van der Waals surface area contributed by atoms with Crippen molar-refractivity contribution in [1.82, 2.24) is 9.97 Å². The maximum atomic E-state index is 6.29. The molecule has 1 saturated heterocycles. The molecule has 16 heavy (non-hydrogen) atoms. The second-order valence-corrected chi connectivity index (χ2v) is 4.38. The second kappa shape index (κ2) is 5.46. The van der Waals surface area contributed by atoms with E-state index in [0.717, 1.165) is 25.1 Å². The Morgan fingerprint density at radius 3 is 3.19 bits per heavy atom. The van der Waals surface area contributed by atoms with Gasteiger partial charge < -0.3 is 9.47 Å². The summed E-state index contributed by atoms with van der Waals surface area (Å²) >= 11 is 6.29. The quantitative estimate of drug-likeness (QED) is 0.756. The van der Waals surface area contributed by atoms with E-state index in [1.54, 1.807) is 7.11 Å². The fourth-order valence-electron chi connectivity index (χ4n) is 1.82. The Morgan fingerprint density at radius 1 is 1.62 bits per heavy atom. The van der Waals surface area contributed by atoms with Crippen molar-refractivity contribution in [1.29, 1.82) is 0 Å². The number of ether oxygens (including phenoxy) is 2. The van der Waals surface area contributed by atoms with Crippen molar-refractivity contribution in [3.8, 4) is 5.88 Å². The van der Waals surface area contributed by atoms with Crippen molar-refractivity contribution in [2.24, 2.45) is 0 Å². The molecule has 1 aromatic rings. The molecule has 2 rings (SSSR count). The van der Waals surface area contributed by atoms with Crippen LogP contribution in [0.25, 0.3) is 0 Å². The Kier molecular flexibility index (Phi) is 3.96. The predicted molar refractivity (Wildman–Crippen MR) is 60.9 cm³/mol. The number of hydrogen-bond donors (Lipinski definition) is 0. The summed E-state index contributed by atoms with van der Waals surface area (Å²) in [6.07, 6.45) is 4.47. The van der Waals surface area contributed by atoms with Crippen LogP contribution in [0.3, 0.4) is 0 Å². The van der Waals surface area contributed by atoms with E-state index in [2.05, 4.69) is 9.97 Å².